The van der Waals surface area contributed by atoms with Crippen molar-refractivity contribution in [3.8, 4) is 0 Å². The summed E-state index contributed by atoms with van der Waals surface area (Å²) < 4.78 is 16.9. The fourth-order valence-corrected chi connectivity index (χ4v) is 9.34. The van der Waals surface area contributed by atoms with Crippen LogP contribution in [-0.4, -0.2) is 37.2 Å². The fourth-order valence-electron chi connectivity index (χ4n) is 9.34. The summed E-state index contributed by atoms with van der Waals surface area (Å²) in [4.78, 5) is 38.3. The highest BCUT2D eigenvalue weighted by Crippen LogP contribution is 2.16. The summed E-state index contributed by atoms with van der Waals surface area (Å²) in [6, 6.07) is 0. The molecule has 0 aliphatic rings. The van der Waals surface area contributed by atoms with Crippen LogP contribution in [0.1, 0.15) is 316 Å². The molecule has 0 fully saturated rings. The summed E-state index contributed by atoms with van der Waals surface area (Å²) in [5.74, 6) is -0.902. The van der Waals surface area contributed by atoms with Crippen LogP contribution in [0.25, 0.3) is 0 Å². The largest absolute Gasteiger partial charge is 0.462 e. The van der Waals surface area contributed by atoms with Crippen molar-refractivity contribution in [2.75, 3.05) is 13.2 Å². The Morgan fingerprint density at radius 2 is 0.506 bits per heavy atom. The third-order valence-corrected chi connectivity index (χ3v) is 14.4. The maximum Gasteiger partial charge on any atom is 0.306 e. The average Bonchev–Trinajstić information content (AvgIpc) is 3.46. The second kappa shape index (κ2) is 68.3. The molecule has 0 aromatic carbocycles. The maximum absolute atomic E-state index is 12.9. The van der Waals surface area contributed by atoms with Gasteiger partial charge in [0.25, 0.3) is 0 Å². The van der Waals surface area contributed by atoms with E-state index in [1.54, 1.807) is 0 Å². The minimum absolute atomic E-state index is 0.0860. The predicted molar refractivity (Wildman–Crippen MR) is 353 cm³/mol. The van der Waals surface area contributed by atoms with Crippen molar-refractivity contribution in [3.05, 3.63) is 122 Å². The van der Waals surface area contributed by atoms with Gasteiger partial charge in [0.05, 0.1) is 0 Å². The fraction of sp³-hybridized carbons (Fsp3) is 0.693. The Balaban J connectivity index is 4.19. The molecule has 0 aliphatic heterocycles. The lowest BCUT2D eigenvalue weighted by molar-refractivity contribution is -0.167. The first-order valence-electron chi connectivity index (χ1n) is 34.0. The number of carbonyl (C=O) groups excluding carboxylic acids is 3. The van der Waals surface area contributed by atoms with E-state index in [0.29, 0.717) is 19.3 Å². The highest BCUT2D eigenvalue weighted by molar-refractivity contribution is 5.71. The monoisotopic (exact) mass is 1120 g/mol. The van der Waals surface area contributed by atoms with E-state index in [1.165, 1.54) is 128 Å². The Kier molecular flexibility index (Phi) is 64.8. The van der Waals surface area contributed by atoms with Crippen molar-refractivity contribution in [1.82, 2.24) is 0 Å². The zero-order chi connectivity index (χ0) is 58.5. The van der Waals surface area contributed by atoms with Gasteiger partial charge >= 0.3 is 17.9 Å². The van der Waals surface area contributed by atoms with Crippen molar-refractivity contribution >= 4 is 17.9 Å². The van der Waals surface area contributed by atoms with Crippen molar-refractivity contribution in [1.29, 1.82) is 0 Å². The Hall–Kier alpha value is -4.19. The van der Waals surface area contributed by atoms with Crippen molar-refractivity contribution < 1.29 is 28.6 Å². The first-order valence-corrected chi connectivity index (χ1v) is 34.0. The van der Waals surface area contributed by atoms with E-state index in [1.807, 2.05) is 0 Å². The zero-order valence-corrected chi connectivity index (χ0v) is 53.0. The SMILES string of the molecule is CC/C=C\C/C=C\C/C=C\C/C=C\C/C=C\C/C=C\C/C=C\CCCCCCCCCCCCCCCC(=O)OCC(COC(=O)CCCCCCC/C=C\C/C=C\CCC)OC(=O)CCCCCCC/C=C\CCCCCCCC. The molecular formula is C75H126O6. The zero-order valence-electron chi connectivity index (χ0n) is 53.0. The van der Waals surface area contributed by atoms with E-state index < -0.39 is 6.10 Å². The first kappa shape index (κ1) is 76.8. The molecule has 0 aromatic rings. The molecule has 0 aliphatic carbocycles. The number of hydrogen-bond donors (Lipinski definition) is 0. The number of unbranched alkanes of at least 4 members (excludes halogenated alkanes) is 30. The van der Waals surface area contributed by atoms with Gasteiger partial charge in [-0.1, -0.05) is 290 Å². The topological polar surface area (TPSA) is 78.9 Å². The molecule has 1 unspecified atom stereocenters. The normalized spacial score (nSPS) is 12.9. The van der Waals surface area contributed by atoms with Crippen molar-refractivity contribution in [3.63, 3.8) is 0 Å². The smallest absolute Gasteiger partial charge is 0.306 e. The molecule has 462 valence electrons. The van der Waals surface area contributed by atoms with Crippen molar-refractivity contribution in [2.24, 2.45) is 0 Å². The molecule has 6 heteroatoms. The molecule has 0 amide bonds. The van der Waals surface area contributed by atoms with Gasteiger partial charge < -0.3 is 14.2 Å². The van der Waals surface area contributed by atoms with Gasteiger partial charge in [-0.15, -0.1) is 0 Å². The summed E-state index contributed by atoms with van der Waals surface area (Å²) in [6.45, 7) is 6.45. The molecule has 6 nitrogen and oxygen atoms in total. The van der Waals surface area contributed by atoms with Crippen LogP contribution < -0.4 is 0 Å². The third kappa shape index (κ3) is 66.5. The molecule has 0 bridgehead atoms. The second-order valence-electron chi connectivity index (χ2n) is 22.3. The van der Waals surface area contributed by atoms with Crippen LogP contribution in [0.15, 0.2) is 122 Å². The number of esters is 3. The van der Waals surface area contributed by atoms with Gasteiger partial charge in [0, 0.05) is 19.3 Å². The lowest BCUT2D eigenvalue weighted by Crippen LogP contribution is -2.30. The summed E-state index contributed by atoms with van der Waals surface area (Å²) in [5, 5.41) is 0. The summed E-state index contributed by atoms with van der Waals surface area (Å²) in [6.07, 6.45) is 95.1. The Morgan fingerprint density at radius 1 is 0.259 bits per heavy atom. The van der Waals surface area contributed by atoms with Gasteiger partial charge in [-0.3, -0.25) is 14.4 Å². The van der Waals surface area contributed by atoms with E-state index in [9.17, 15) is 14.4 Å². The second-order valence-corrected chi connectivity index (χ2v) is 22.3. The predicted octanol–water partition coefficient (Wildman–Crippen LogP) is 23.6. The molecule has 0 heterocycles. The molecule has 0 aromatic heterocycles. The van der Waals surface area contributed by atoms with Crippen LogP contribution in [0.5, 0.6) is 0 Å². The van der Waals surface area contributed by atoms with Gasteiger partial charge in [-0.25, -0.2) is 0 Å². The minimum atomic E-state index is -0.790. The van der Waals surface area contributed by atoms with Crippen LogP contribution in [-0.2, 0) is 28.6 Å². The Bertz CT molecular complexity index is 1670. The lowest BCUT2D eigenvalue weighted by atomic mass is 10.0. The van der Waals surface area contributed by atoms with Crippen LogP contribution in [0.2, 0.25) is 0 Å². The molecule has 0 spiro atoms. The van der Waals surface area contributed by atoms with Gasteiger partial charge in [0.15, 0.2) is 6.10 Å². The maximum atomic E-state index is 12.9. The molecule has 0 saturated carbocycles. The van der Waals surface area contributed by atoms with E-state index >= 15 is 0 Å². The van der Waals surface area contributed by atoms with Crippen LogP contribution in [0, 0.1) is 0 Å². The lowest BCUT2D eigenvalue weighted by Gasteiger charge is -2.18. The van der Waals surface area contributed by atoms with E-state index in [2.05, 4.69) is 142 Å². The van der Waals surface area contributed by atoms with E-state index in [0.717, 1.165) is 148 Å². The van der Waals surface area contributed by atoms with Crippen LogP contribution in [0.3, 0.4) is 0 Å². The van der Waals surface area contributed by atoms with Crippen molar-refractivity contribution in [2.45, 2.75) is 322 Å². The van der Waals surface area contributed by atoms with Gasteiger partial charge in [0.2, 0.25) is 0 Å². The van der Waals surface area contributed by atoms with Crippen LogP contribution >= 0.6 is 0 Å². The number of ether oxygens (including phenoxy) is 3. The number of rotatable bonds is 61. The van der Waals surface area contributed by atoms with Gasteiger partial charge in [0.1, 0.15) is 13.2 Å². The molecule has 81 heavy (non-hydrogen) atoms. The molecule has 0 saturated heterocycles. The van der Waals surface area contributed by atoms with E-state index in [4.69, 9.17) is 14.2 Å². The van der Waals surface area contributed by atoms with Crippen LogP contribution in [0.4, 0.5) is 0 Å². The highest BCUT2D eigenvalue weighted by Gasteiger charge is 2.19. The Labute approximate surface area is 501 Å². The number of hydrogen-bond acceptors (Lipinski definition) is 6. The summed E-state index contributed by atoms with van der Waals surface area (Å²) in [7, 11) is 0. The minimum Gasteiger partial charge on any atom is -0.462 e. The standard InChI is InChI=1S/C75H126O6/c1-4-7-10-13-16-19-22-25-27-28-29-30-31-32-33-34-35-36-37-38-39-40-41-42-43-44-45-46-48-50-53-56-59-62-65-68-74(77)80-71-72(70-79-73(76)67-64-61-58-55-52-49-24-21-18-15-12-9-6-3)81-75(78)69-66-63-60-57-54-51-47-26-23-20-17-14-11-8-5-2/h7,10,12,15-16,19,21,24-27,29-30,32-33,35-36,38-39,47,72H,4-6,8-9,11,13-14,17-18,20,22-23,28,31,34,37,40-46,48-71H2,1-3H3/b10-7-,15-12-,19-16-,24-21-,27-25-,30-29-,33-32-,36-35-,39-38-,47-26-. The van der Waals surface area contributed by atoms with Gasteiger partial charge in [-0.05, 0) is 128 Å². The highest BCUT2D eigenvalue weighted by atomic mass is 16.6. The number of allylic oxidation sites excluding steroid dienone is 20. The average molecular weight is 1120 g/mol. The summed E-state index contributed by atoms with van der Waals surface area (Å²) in [5.41, 5.74) is 0. The summed E-state index contributed by atoms with van der Waals surface area (Å²) >= 11 is 0. The molecular weight excluding hydrogens is 997 g/mol. The molecule has 0 radical (unpaired) electrons. The quantitative estimate of drug-likeness (QED) is 0.0261. The Morgan fingerprint density at radius 3 is 0.815 bits per heavy atom. The third-order valence-electron chi connectivity index (χ3n) is 14.4. The first-order chi connectivity index (χ1) is 40.0. The molecule has 0 rings (SSSR count). The molecule has 1 atom stereocenters. The number of carbonyl (C=O) groups is 3. The van der Waals surface area contributed by atoms with Gasteiger partial charge in [-0.2, -0.15) is 0 Å². The van der Waals surface area contributed by atoms with E-state index in [-0.39, 0.29) is 31.1 Å². The molecule has 0 N–H and O–H groups in total.